The van der Waals surface area contributed by atoms with Gasteiger partial charge in [0, 0.05) is 10.8 Å². The van der Waals surface area contributed by atoms with E-state index in [2.05, 4.69) is 0 Å². The van der Waals surface area contributed by atoms with Crippen molar-refractivity contribution in [1.29, 1.82) is 0 Å². The van der Waals surface area contributed by atoms with E-state index in [9.17, 15) is 0 Å². The molecule has 0 unspecified atom stereocenters. The molecule has 0 aromatic heterocycles. The average Bonchev–Trinajstić information content (AvgIpc) is 2.28. The largest absolute Gasteiger partial charge is 0.396 e. The molecular weight excluding hydrogens is 196 g/mol. The van der Waals surface area contributed by atoms with Gasteiger partial charge in [0.25, 0.3) is 0 Å². The molecule has 0 spiro atoms. The van der Waals surface area contributed by atoms with E-state index < -0.39 is 10.8 Å². The van der Waals surface area contributed by atoms with Crippen LogP contribution >= 0.6 is 0 Å². The minimum Gasteiger partial charge on any atom is -0.396 e. The third kappa shape index (κ3) is 4.93. The topological polar surface area (TPSA) is 80.9 Å². The van der Waals surface area contributed by atoms with E-state index in [0.717, 1.165) is 6.42 Å². The van der Waals surface area contributed by atoms with E-state index in [4.69, 9.17) is 20.4 Å². The maximum Gasteiger partial charge on any atom is 0.0506 e. The van der Waals surface area contributed by atoms with Crippen LogP contribution in [0.3, 0.4) is 0 Å². The van der Waals surface area contributed by atoms with Crippen molar-refractivity contribution in [3.8, 4) is 0 Å². The van der Waals surface area contributed by atoms with Crippen LogP contribution < -0.4 is 0 Å². The van der Waals surface area contributed by atoms with Crippen LogP contribution in [-0.2, 0) is 0 Å². The van der Waals surface area contributed by atoms with Gasteiger partial charge in [-0.25, -0.2) is 0 Å². The van der Waals surface area contributed by atoms with Gasteiger partial charge in [0.2, 0.25) is 0 Å². The molecule has 0 heterocycles. The summed E-state index contributed by atoms with van der Waals surface area (Å²) in [6.45, 7) is 3.47. The first-order valence-electron chi connectivity index (χ1n) is 5.39. The Bertz CT molecular complexity index is 144. The minimum absolute atomic E-state index is 0.0432. The molecule has 92 valence electrons. The molecule has 0 radical (unpaired) electrons. The zero-order chi connectivity index (χ0) is 11.9. The van der Waals surface area contributed by atoms with Crippen molar-refractivity contribution < 1.29 is 20.4 Å². The molecule has 0 saturated carbocycles. The highest BCUT2D eigenvalue weighted by atomic mass is 16.3. The summed E-state index contributed by atoms with van der Waals surface area (Å²) in [5.41, 5.74) is -0.905. The molecule has 0 aliphatic heterocycles. The lowest BCUT2D eigenvalue weighted by Crippen LogP contribution is -2.29. The Kier molecular flexibility index (Phi) is 6.36. The highest BCUT2D eigenvalue weighted by molar-refractivity contribution is 4.76. The van der Waals surface area contributed by atoms with Gasteiger partial charge in [-0.05, 0) is 12.8 Å². The third-order valence-corrected chi connectivity index (χ3v) is 3.09. The maximum absolute atomic E-state index is 9.07. The summed E-state index contributed by atoms with van der Waals surface area (Å²) in [6, 6.07) is 0. The molecule has 0 aromatic rings. The second-order valence-electron chi connectivity index (χ2n) is 5.11. The lowest BCUT2D eigenvalue weighted by Gasteiger charge is -2.28. The van der Waals surface area contributed by atoms with Gasteiger partial charge in [0.05, 0.1) is 26.4 Å². The lowest BCUT2D eigenvalue weighted by molar-refractivity contribution is 0.0386. The Morgan fingerprint density at radius 3 is 1.13 bits per heavy atom. The SMILES string of the molecule is CC(CO)(CO)CCCC(C)(CO)CO. The van der Waals surface area contributed by atoms with Crippen LogP contribution in [0.2, 0.25) is 0 Å². The molecule has 0 amide bonds. The summed E-state index contributed by atoms with van der Waals surface area (Å²) in [4.78, 5) is 0. The van der Waals surface area contributed by atoms with E-state index in [1.54, 1.807) is 0 Å². The summed E-state index contributed by atoms with van der Waals surface area (Å²) in [7, 11) is 0. The highest BCUT2D eigenvalue weighted by Gasteiger charge is 2.26. The molecule has 0 rings (SSSR count). The molecule has 4 heteroatoms. The third-order valence-electron chi connectivity index (χ3n) is 3.09. The van der Waals surface area contributed by atoms with Gasteiger partial charge in [-0.2, -0.15) is 0 Å². The average molecular weight is 220 g/mol. The Morgan fingerprint density at radius 1 is 0.667 bits per heavy atom. The van der Waals surface area contributed by atoms with Gasteiger partial charge in [-0.15, -0.1) is 0 Å². The monoisotopic (exact) mass is 220 g/mol. The van der Waals surface area contributed by atoms with E-state index in [0.29, 0.717) is 12.8 Å². The van der Waals surface area contributed by atoms with Gasteiger partial charge >= 0.3 is 0 Å². The Balaban J connectivity index is 3.96. The summed E-state index contributed by atoms with van der Waals surface area (Å²) >= 11 is 0. The van der Waals surface area contributed by atoms with Crippen LogP contribution in [0.15, 0.2) is 0 Å². The molecule has 0 atom stereocenters. The highest BCUT2D eigenvalue weighted by Crippen LogP contribution is 2.28. The summed E-state index contributed by atoms with van der Waals surface area (Å²) in [5, 5.41) is 36.3. The van der Waals surface area contributed by atoms with Crippen molar-refractivity contribution in [2.45, 2.75) is 33.1 Å². The van der Waals surface area contributed by atoms with Crippen LogP contribution in [-0.4, -0.2) is 46.9 Å². The molecule has 0 fully saturated rings. The van der Waals surface area contributed by atoms with Gasteiger partial charge < -0.3 is 20.4 Å². The summed E-state index contributed by atoms with van der Waals surface area (Å²) in [5.74, 6) is 0. The van der Waals surface area contributed by atoms with Crippen LogP contribution in [0.25, 0.3) is 0 Å². The fourth-order valence-electron chi connectivity index (χ4n) is 1.36. The van der Waals surface area contributed by atoms with Crippen molar-refractivity contribution in [1.82, 2.24) is 0 Å². The molecular formula is C11H24O4. The van der Waals surface area contributed by atoms with Crippen molar-refractivity contribution >= 4 is 0 Å². The van der Waals surface area contributed by atoms with Crippen LogP contribution in [0.5, 0.6) is 0 Å². The van der Waals surface area contributed by atoms with E-state index in [-0.39, 0.29) is 26.4 Å². The van der Waals surface area contributed by atoms with E-state index in [1.807, 2.05) is 13.8 Å². The first kappa shape index (κ1) is 14.8. The smallest absolute Gasteiger partial charge is 0.0506 e. The fourth-order valence-corrected chi connectivity index (χ4v) is 1.36. The van der Waals surface area contributed by atoms with Crippen molar-refractivity contribution in [3.05, 3.63) is 0 Å². The number of aliphatic hydroxyl groups is 4. The molecule has 15 heavy (non-hydrogen) atoms. The van der Waals surface area contributed by atoms with Crippen molar-refractivity contribution in [2.24, 2.45) is 10.8 Å². The van der Waals surface area contributed by atoms with Crippen LogP contribution in [0.1, 0.15) is 33.1 Å². The second kappa shape index (κ2) is 6.43. The Hall–Kier alpha value is -0.160. The second-order valence-corrected chi connectivity index (χ2v) is 5.11. The summed E-state index contributed by atoms with van der Waals surface area (Å²) in [6.07, 6.45) is 2.15. The molecule has 0 saturated heterocycles. The van der Waals surface area contributed by atoms with Gasteiger partial charge in [0.15, 0.2) is 0 Å². The first-order chi connectivity index (χ1) is 6.95. The van der Waals surface area contributed by atoms with Crippen molar-refractivity contribution in [2.75, 3.05) is 26.4 Å². The summed E-state index contributed by atoms with van der Waals surface area (Å²) < 4.78 is 0. The van der Waals surface area contributed by atoms with E-state index >= 15 is 0 Å². The Morgan fingerprint density at radius 2 is 0.933 bits per heavy atom. The molecule has 0 aliphatic rings. The Labute approximate surface area is 91.6 Å². The first-order valence-corrected chi connectivity index (χ1v) is 5.39. The maximum atomic E-state index is 9.07. The molecule has 4 N–H and O–H groups in total. The predicted molar refractivity (Wildman–Crippen MR) is 58.4 cm³/mol. The standard InChI is InChI=1S/C11H24O4/c1-10(6-12,7-13)4-3-5-11(2,8-14)9-15/h12-15H,3-9H2,1-2H3. The molecule has 0 bridgehead atoms. The quantitative estimate of drug-likeness (QED) is 0.469. The molecule has 4 nitrogen and oxygen atoms in total. The number of rotatable bonds is 8. The molecule has 0 aliphatic carbocycles. The number of hydrogen-bond acceptors (Lipinski definition) is 4. The van der Waals surface area contributed by atoms with Gasteiger partial charge in [-0.1, -0.05) is 20.3 Å². The predicted octanol–water partition coefficient (Wildman–Crippen LogP) is 0.138. The number of aliphatic hydroxyl groups excluding tert-OH is 4. The van der Waals surface area contributed by atoms with E-state index in [1.165, 1.54) is 0 Å². The van der Waals surface area contributed by atoms with Gasteiger partial charge in [-0.3, -0.25) is 0 Å². The normalized spacial score (nSPS) is 13.2. The van der Waals surface area contributed by atoms with Crippen LogP contribution in [0.4, 0.5) is 0 Å². The van der Waals surface area contributed by atoms with Crippen molar-refractivity contribution in [3.63, 3.8) is 0 Å². The fraction of sp³-hybridized carbons (Fsp3) is 1.00. The lowest BCUT2D eigenvalue weighted by atomic mass is 9.81. The zero-order valence-electron chi connectivity index (χ0n) is 9.74. The zero-order valence-corrected chi connectivity index (χ0v) is 9.74. The number of hydrogen-bond donors (Lipinski definition) is 4. The minimum atomic E-state index is -0.453. The molecule has 0 aromatic carbocycles. The van der Waals surface area contributed by atoms with Gasteiger partial charge in [0.1, 0.15) is 0 Å². The van der Waals surface area contributed by atoms with Crippen LogP contribution in [0, 0.1) is 10.8 Å².